The first-order valence-electron chi connectivity index (χ1n) is 16.7. The van der Waals surface area contributed by atoms with Crippen LogP contribution in [0.4, 0.5) is 5.69 Å². The van der Waals surface area contributed by atoms with Crippen LogP contribution in [0.2, 0.25) is 0 Å². The van der Waals surface area contributed by atoms with E-state index < -0.39 is 5.91 Å². The van der Waals surface area contributed by atoms with Gasteiger partial charge in [-0.25, -0.2) is 4.79 Å². The van der Waals surface area contributed by atoms with Gasteiger partial charge in [-0.15, -0.1) is 10.2 Å². The molecule has 1 N–H and O–H groups in total. The zero-order valence-electron chi connectivity index (χ0n) is 28.1. The molecule has 12 nitrogen and oxygen atoms in total. The Morgan fingerprint density at radius 2 is 1.76 bits per heavy atom. The van der Waals surface area contributed by atoms with Crippen molar-refractivity contribution in [2.24, 2.45) is 5.41 Å². The van der Waals surface area contributed by atoms with Crippen LogP contribution < -0.4 is 15.9 Å². The number of carbonyl (C=O) groups excluding carboxylic acids is 2. The zero-order valence-corrected chi connectivity index (χ0v) is 29.7. The fourth-order valence-electron chi connectivity index (χ4n) is 7.79. The Morgan fingerprint density at radius 3 is 2.46 bits per heavy atom. The highest BCUT2D eigenvalue weighted by Crippen LogP contribution is 2.41. The predicted octanol–water partition coefficient (Wildman–Crippen LogP) is 4.49. The molecule has 0 unspecified atom stereocenters. The summed E-state index contributed by atoms with van der Waals surface area (Å²) in [6.45, 7) is 8.62. The zero-order chi connectivity index (χ0) is 34.7. The monoisotopic (exact) mass is 736 g/mol. The predicted molar refractivity (Wildman–Crippen MR) is 191 cm³/mol. The molecule has 3 aromatic carbocycles. The van der Waals surface area contributed by atoms with Crippen molar-refractivity contribution in [1.82, 2.24) is 34.4 Å². The Hall–Kier alpha value is -5.01. The molecule has 0 saturated carbocycles. The number of amides is 2. The normalized spacial score (nSPS) is 18.0. The molecule has 2 saturated heterocycles. The van der Waals surface area contributed by atoms with Crippen LogP contribution in [0, 0.1) is 12.3 Å². The van der Waals surface area contributed by atoms with Crippen LogP contribution in [0.3, 0.4) is 0 Å². The minimum Gasteiger partial charge on any atom is -0.423 e. The maximum absolute atomic E-state index is 14.3. The number of imidazole rings is 1. The van der Waals surface area contributed by atoms with Gasteiger partial charge in [-0.2, -0.15) is 0 Å². The summed E-state index contributed by atoms with van der Waals surface area (Å²) in [6, 6.07) is 20.5. The molecule has 0 aliphatic carbocycles. The molecular weight excluding hydrogens is 700 g/mol. The summed E-state index contributed by atoms with van der Waals surface area (Å²) in [4.78, 5) is 48.9. The van der Waals surface area contributed by atoms with Crippen molar-refractivity contribution in [1.29, 1.82) is 0 Å². The Morgan fingerprint density at radius 1 is 1.02 bits per heavy atom. The van der Waals surface area contributed by atoms with Crippen molar-refractivity contribution in [3.63, 3.8) is 0 Å². The lowest BCUT2D eigenvalue weighted by molar-refractivity contribution is -0.00238. The van der Waals surface area contributed by atoms with E-state index in [9.17, 15) is 14.4 Å². The van der Waals surface area contributed by atoms with Gasteiger partial charge in [0.1, 0.15) is 5.69 Å². The van der Waals surface area contributed by atoms with Crippen molar-refractivity contribution in [3.8, 4) is 17.1 Å². The average Bonchev–Trinajstić information content (AvgIpc) is 3.72. The van der Waals surface area contributed by atoms with Crippen LogP contribution in [-0.4, -0.2) is 80.2 Å². The number of rotatable bonds is 7. The average molecular weight is 738 g/mol. The Labute approximate surface area is 297 Å². The second-order valence-corrected chi connectivity index (χ2v) is 14.8. The molecule has 1 atom stereocenters. The van der Waals surface area contributed by atoms with E-state index in [1.165, 1.54) is 11.0 Å². The maximum Gasteiger partial charge on any atom is 0.333 e. The molecule has 2 amide bonds. The van der Waals surface area contributed by atoms with Gasteiger partial charge in [0.25, 0.3) is 11.8 Å². The summed E-state index contributed by atoms with van der Waals surface area (Å²) in [5.74, 6) is -0.244. The molecule has 2 aromatic heterocycles. The standard InChI is InChI=1S/C37H37BrN8O4/c1-23-14-25(8-13-30(23)38)35(48)44-17-31-32(33(47)39-15-26-6-4-5-7-29(26)34-41-40-22-50-34)46(36(49)45(31)16-24(44)2)28-11-9-27(10-12-28)43-20-37(21-43)18-42(3)19-37/h4-14,22,24H,15-21H2,1-3H3,(H,39,47)/t24-/m1/s1. The third-order valence-electron chi connectivity index (χ3n) is 10.2. The quantitative estimate of drug-likeness (QED) is 0.260. The maximum atomic E-state index is 14.3. The Bertz CT molecular complexity index is 2160. The molecule has 5 aromatic rings. The van der Waals surface area contributed by atoms with Gasteiger partial charge >= 0.3 is 5.69 Å². The number of carbonyl (C=O) groups is 2. The third kappa shape index (κ3) is 5.54. The van der Waals surface area contributed by atoms with Crippen LogP contribution in [0.15, 0.2) is 86.8 Å². The van der Waals surface area contributed by atoms with E-state index in [0.717, 1.165) is 47.5 Å². The number of benzene rings is 3. The molecule has 3 aliphatic rings. The molecule has 256 valence electrons. The van der Waals surface area contributed by atoms with Gasteiger partial charge in [0.05, 0.1) is 17.9 Å². The van der Waals surface area contributed by atoms with Crippen molar-refractivity contribution < 1.29 is 14.0 Å². The van der Waals surface area contributed by atoms with Crippen LogP contribution in [0.1, 0.15) is 44.6 Å². The number of aromatic nitrogens is 4. The third-order valence-corrected chi connectivity index (χ3v) is 11.1. The van der Waals surface area contributed by atoms with Crippen LogP contribution in [0.5, 0.6) is 0 Å². The molecule has 13 heteroatoms. The highest BCUT2D eigenvalue weighted by atomic mass is 79.9. The Kier molecular flexibility index (Phi) is 7.98. The van der Waals surface area contributed by atoms with Gasteiger partial charge in [-0.1, -0.05) is 34.1 Å². The van der Waals surface area contributed by atoms with Crippen LogP contribution in [0.25, 0.3) is 17.1 Å². The number of hydrogen-bond donors (Lipinski definition) is 1. The second kappa shape index (κ2) is 12.4. The molecular formula is C37H37BrN8O4. The topological polar surface area (TPSA) is 122 Å². The summed E-state index contributed by atoms with van der Waals surface area (Å²) >= 11 is 3.52. The lowest BCUT2D eigenvalue weighted by atomic mass is 9.73. The first-order valence-corrected chi connectivity index (χ1v) is 17.5. The largest absolute Gasteiger partial charge is 0.423 e. The van der Waals surface area contributed by atoms with Gasteiger partial charge in [0, 0.05) is 72.0 Å². The van der Waals surface area contributed by atoms with Crippen LogP contribution >= 0.6 is 15.9 Å². The number of nitrogens with one attached hydrogen (secondary N) is 1. The summed E-state index contributed by atoms with van der Waals surface area (Å²) in [5, 5.41) is 10.9. The van der Waals surface area contributed by atoms with Gasteiger partial charge < -0.3 is 24.4 Å². The first kappa shape index (κ1) is 32.2. The first-order chi connectivity index (χ1) is 24.1. The van der Waals surface area contributed by atoms with E-state index in [0.29, 0.717) is 33.8 Å². The number of hydrogen-bond acceptors (Lipinski definition) is 8. The van der Waals surface area contributed by atoms with E-state index >= 15 is 0 Å². The molecule has 0 bridgehead atoms. The molecule has 0 radical (unpaired) electrons. The number of halogens is 1. The summed E-state index contributed by atoms with van der Waals surface area (Å²) in [5.41, 5.74) is 5.41. The highest BCUT2D eigenvalue weighted by molar-refractivity contribution is 9.10. The van der Waals surface area contributed by atoms with E-state index in [-0.39, 0.29) is 43.0 Å². The van der Waals surface area contributed by atoms with Crippen molar-refractivity contribution in [2.75, 3.05) is 38.1 Å². The summed E-state index contributed by atoms with van der Waals surface area (Å²) in [6.07, 6.45) is 1.26. The fourth-order valence-corrected chi connectivity index (χ4v) is 8.04. The highest BCUT2D eigenvalue weighted by Gasteiger charge is 2.50. The minimum atomic E-state index is -0.430. The number of fused-ring (bicyclic) bond motifs is 1. The molecule has 2 fully saturated rings. The van der Waals surface area contributed by atoms with E-state index in [1.807, 2.05) is 74.5 Å². The SMILES string of the molecule is Cc1cc(C(=O)N2Cc3c(C(=O)NCc4ccccc4-c4nnco4)n(-c4ccc(N5CC6(CN(C)C6)C5)cc4)c(=O)n3C[C@H]2C)ccc1Br. The molecule has 1 spiro atoms. The smallest absolute Gasteiger partial charge is 0.333 e. The molecule has 8 rings (SSSR count). The summed E-state index contributed by atoms with van der Waals surface area (Å²) in [7, 11) is 2.15. The molecule has 50 heavy (non-hydrogen) atoms. The number of likely N-dealkylation sites (tertiary alicyclic amines) is 1. The van der Waals surface area contributed by atoms with Crippen molar-refractivity contribution >= 4 is 33.4 Å². The lowest BCUT2D eigenvalue weighted by Crippen LogP contribution is -2.71. The fraction of sp³-hybridized carbons (Fsp3) is 0.324. The lowest BCUT2D eigenvalue weighted by Gasteiger charge is -2.60. The minimum absolute atomic E-state index is 0.0983. The van der Waals surface area contributed by atoms with E-state index in [2.05, 4.69) is 48.3 Å². The second-order valence-electron chi connectivity index (χ2n) is 13.9. The van der Waals surface area contributed by atoms with Crippen molar-refractivity contribution in [2.45, 2.75) is 39.5 Å². The van der Waals surface area contributed by atoms with Crippen LogP contribution in [-0.2, 0) is 19.6 Å². The van der Waals surface area contributed by atoms with Gasteiger partial charge in [-0.05, 0) is 80.6 Å². The summed E-state index contributed by atoms with van der Waals surface area (Å²) < 4.78 is 9.48. The van der Waals surface area contributed by atoms with E-state index in [1.54, 1.807) is 15.5 Å². The van der Waals surface area contributed by atoms with E-state index in [4.69, 9.17) is 4.42 Å². The Balaban J connectivity index is 1.14. The molecule has 5 heterocycles. The number of aryl methyl sites for hydroxylation is 1. The van der Waals surface area contributed by atoms with Crippen molar-refractivity contribution in [3.05, 3.63) is 116 Å². The molecule has 3 aliphatic heterocycles. The van der Waals surface area contributed by atoms with Gasteiger partial charge in [-0.3, -0.25) is 18.7 Å². The number of nitrogens with zero attached hydrogens (tertiary/aromatic N) is 7. The van der Waals surface area contributed by atoms with Gasteiger partial charge in [0.15, 0.2) is 0 Å². The number of anilines is 1. The van der Waals surface area contributed by atoms with Gasteiger partial charge in [0.2, 0.25) is 12.3 Å².